The van der Waals surface area contributed by atoms with Gasteiger partial charge in [0.2, 0.25) is 0 Å². The number of rotatable bonds is 11. The Balaban J connectivity index is 1.55. The topological polar surface area (TPSA) is 213 Å². The molecule has 8 N–H and O–H groups in total. The zero-order chi connectivity index (χ0) is 21.7. The van der Waals surface area contributed by atoms with Gasteiger partial charge < -0.3 is 31.3 Å². The van der Waals surface area contributed by atoms with Gasteiger partial charge in [-0.05, 0) is 19.4 Å². The SMILES string of the molecule is NCCCCCNOP(=O)(O)OCC1OC(n2cnc3c(N)ncnc32)C(O)C1O. The summed E-state index contributed by atoms with van der Waals surface area (Å²) in [4.78, 5) is 21.7. The molecule has 14 nitrogen and oxygen atoms in total. The summed E-state index contributed by atoms with van der Waals surface area (Å²) in [5.41, 5.74) is 14.1. The number of imidazole rings is 1. The van der Waals surface area contributed by atoms with E-state index in [1.165, 1.54) is 17.2 Å². The summed E-state index contributed by atoms with van der Waals surface area (Å²) in [5.74, 6) is 0.153. The average Bonchev–Trinajstić information content (AvgIpc) is 3.26. The molecule has 0 amide bonds. The van der Waals surface area contributed by atoms with Crippen LogP contribution in [0.1, 0.15) is 25.5 Å². The predicted octanol–water partition coefficient (Wildman–Crippen LogP) is -1.21. The lowest BCUT2D eigenvalue weighted by molar-refractivity contribution is -0.0529. The molecule has 3 rings (SSSR count). The van der Waals surface area contributed by atoms with E-state index in [1.807, 2.05) is 0 Å². The number of unbranched alkanes of at least 4 members (excludes halogenated alkanes) is 2. The standard InChI is InChI=1S/C15H26N7O7P/c16-4-2-1-3-5-21-29-30(25,26)27-6-9-11(23)12(24)15(28-9)22-8-20-10-13(17)18-7-19-14(10)22/h7-9,11-12,15,21,23-24H,1-6,16H2,(H,25,26)(H2,17,18,19). The van der Waals surface area contributed by atoms with Crippen molar-refractivity contribution in [1.82, 2.24) is 25.0 Å². The number of phosphoric acid groups is 1. The van der Waals surface area contributed by atoms with Crippen molar-refractivity contribution in [2.24, 2.45) is 5.73 Å². The Hall–Kier alpha value is -1.74. The van der Waals surface area contributed by atoms with E-state index in [4.69, 9.17) is 20.7 Å². The molecular formula is C15H26N7O7P. The fourth-order valence-corrected chi connectivity index (χ4v) is 3.63. The second kappa shape index (κ2) is 10.0. The number of aromatic nitrogens is 4. The van der Waals surface area contributed by atoms with Gasteiger partial charge in [0.25, 0.3) is 0 Å². The lowest BCUT2D eigenvalue weighted by Crippen LogP contribution is -2.33. The minimum Gasteiger partial charge on any atom is -0.387 e. The summed E-state index contributed by atoms with van der Waals surface area (Å²) in [5, 5.41) is 20.6. The van der Waals surface area contributed by atoms with Gasteiger partial charge in [0.15, 0.2) is 17.7 Å². The molecule has 0 spiro atoms. The molecule has 0 aliphatic carbocycles. The van der Waals surface area contributed by atoms with E-state index in [9.17, 15) is 19.7 Å². The fraction of sp³-hybridized carbons (Fsp3) is 0.667. The van der Waals surface area contributed by atoms with Crippen molar-refractivity contribution in [3.63, 3.8) is 0 Å². The number of aliphatic hydroxyl groups excluding tert-OH is 2. The third-order valence-corrected chi connectivity index (χ3v) is 5.40. The van der Waals surface area contributed by atoms with Crippen LogP contribution in [0.15, 0.2) is 12.7 Å². The van der Waals surface area contributed by atoms with Crippen LogP contribution in [-0.4, -0.2) is 72.6 Å². The Morgan fingerprint density at radius 2 is 2.03 bits per heavy atom. The molecule has 0 bridgehead atoms. The highest BCUT2D eigenvalue weighted by atomic mass is 31.2. The van der Waals surface area contributed by atoms with Crippen LogP contribution in [0.3, 0.4) is 0 Å². The Kier molecular flexibility index (Phi) is 7.68. The highest BCUT2D eigenvalue weighted by Gasteiger charge is 2.45. The lowest BCUT2D eigenvalue weighted by atomic mass is 10.1. The number of hydrogen-bond donors (Lipinski definition) is 6. The summed E-state index contributed by atoms with van der Waals surface area (Å²) in [6, 6.07) is 0. The van der Waals surface area contributed by atoms with E-state index in [1.54, 1.807) is 0 Å². The van der Waals surface area contributed by atoms with Crippen LogP contribution < -0.4 is 16.9 Å². The number of nitrogens with two attached hydrogens (primary N) is 2. The predicted molar refractivity (Wildman–Crippen MR) is 103 cm³/mol. The summed E-state index contributed by atoms with van der Waals surface area (Å²) in [6.45, 7) is 0.422. The largest absolute Gasteiger partial charge is 0.488 e. The van der Waals surface area contributed by atoms with Gasteiger partial charge in [-0.1, -0.05) is 6.42 Å². The van der Waals surface area contributed by atoms with Gasteiger partial charge in [0.1, 0.15) is 30.2 Å². The number of fused-ring (bicyclic) bond motifs is 1. The highest BCUT2D eigenvalue weighted by Crippen LogP contribution is 2.43. The van der Waals surface area contributed by atoms with Gasteiger partial charge in [0.05, 0.1) is 12.9 Å². The van der Waals surface area contributed by atoms with Gasteiger partial charge >= 0.3 is 7.82 Å². The first-order chi connectivity index (χ1) is 14.3. The first-order valence-electron chi connectivity index (χ1n) is 9.37. The Morgan fingerprint density at radius 3 is 2.80 bits per heavy atom. The minimum absolute atomic E-state index is 0.153. The number of phosphoric ester groups is 1. The number of anilines is 1. The molecule has 1 fully saturated rings. The third kappa shape index (κ3) is 5.29. The number of hydrogen-bond acceptors (Lipinski definition) is 12. The summed E-state index contributed by atoms with van der Waals surface area (Å²) in [6.07, 6.45) is 0.0585. The van der Waals surface area contributed by atoms with E-state index < -0.39 is 39.0 Å². The second-order valence-corrected chi connectivity index (χ2v) is 8.11. The monoisotopic (exact) mass is 447 g/mol. The molecule has 168 valence electrons. The summed E-state index contributed by atoms with van der Waals surface area (Å²) < 4.78 is 28.5. The normalized spacial score (nSPS) is 26.3. The van der Waals surface area contributed by atoms with Crippen molar-refractivity contribution in [3.05, 3.63) is 12.7 Å². The van der Waals surface area contributed by atoms with Gasteiger partial charge in [0, 0.05) is 6.54 Å². The summed E-state index contributed by atoms with van der Waals surface area (Å²) in [7, 11) is -4.44. The molecule has 5 unspecified atom stereocenters. The quantitative estimate of drug-likeness (QED) is 0.136. The number of aliphatic hydroxyl groups is 2. The number of hydroxylamine groups is 1. The molecule has 1 aliphatic rings. The molecule has 0 aromatic carbocycles. The van der Waals surface area contributed by atoms with Crippen LogP contribution in [0.4, 0.5) is 5.82 Å². The highest BCUT2D eigenvalue weighted by molar-refractivity contribution is 7.47. The summed E-state index contributed by atoms with van der Waals surface area (Å²) >= 11 is 0. The lowest BCUT2D eigenvalue weighted by Gasteiger charge is -2.17. The molecule has 1 aliphatic heterocycles. The third-order valence-electron chi connectivity index (χ3n) is 4.56. The van der Waals surface area contributed by atoms with Crippen molar-refractivity contribution in [1.29, 1.82) is 0 Å². The number of nitrogens with zero attached hydrogens (tertiary/aromatic N) is 4. The molecule has 30 heavy (non-hydrogen) atoms. The van der Waals surface area contributed by atoms with Crippen LogP contribution in [0, 0.1) is 0 Å². The molecule has 1 saturated heterocycles. The van der Waals surface area contributed by atoms with E-state index in [-0.39, 0.29) is 5.82 Å². The molecule has 0 radical (unpaired) electrons. The van der Waals surface area contributed by atoms with Crippen LogP contribution in [-0.2, 0) is 18.5 Å². The van der Waals surface area contributed by atoms with E-state index >= 15 is 0 Å². The molecule has 15 heteroatoms. The van der Waals surface area contributed by atoms with Crippen LogP contribution in [0.25, 0.3) is 11.2 Å². The van der Waals surface area contributed by atoms with Gasteiger partial charge in [-0.2, -0.15) is 10.1 Å². The molecule has 2 aromatic heterocycles. The van der Waals surface area contributed by atoms with Crippen molar-refractivity contribution in [3.8, 4) is 0 Å². The maximum atomic E-state index is 12.0. The van der Waals surface area contributed by atoms with Crippen molar-refractivity contribution >= 4 is 24.8 Å². The Morgan fingerprint density at radius 1 is 1.23 bits per heavy atom. The molecule has 5 atom stereocenters. The minimum atomic E-state index is -4.44. The van der Waals surface area contributed by atoms with Crippen molar-refractivity contribution in [2.75, 3.05) is 25.4 Å². The number of nitrogen functional groups attached to an aromatic ring is 1. The average molecular weight is 447 g/mol. The van der Waals surface area contributed by atoms with Crippen LogP contribution in [0.2, 0.25) is 0 Å². The second-order valence-electron chi connectivity index (χ2n) is 6.73. The maximum absolute atomic E-state index is 12.0. The maximum Gasteiger partial charge on any atom is 0.488 e. The van der Waals surface area contributed by atoms with Crippen molar-refractivity contribution in [2.45, 2.75) is 43.8 Å². The first-order valence-corrected chi connectivity index (χ1v) is 10.9. The first kappa shape index (κ1) is 22.9. The molecule has 3 heterocycles. The Labute approximate surface area is 171 Å². The van der Waals surface area contributed by atoms with Gasteiger partial charge in [-0.25, -0.2) is 19.5 Å². The zero-order valence-corrected chi connectivity index (χ0v) is 17.0. The number of nitrogens with one attached hydrogen (secondary N) is 1. The van der Waals surface area contributed by atoms with Crippen LogP contribution >= 0.6 is 7.82 Å². The van der Waals surface area contributed by atoms with Gasteiger partial charge in [-0.15, -0.1) is 0 Å². The molecule has 2 aromatic rings. The van der Waals surface area contributed by atoms with Gasteiger partial charge in [-0.3, -0.25) is 9.09 Å². The van der Waals surface area contributed by atoms with E-state index in [2.05, 4.69) is 25.1 Å². The molecular weight excluding hydrogens is 421 g/mol. The smallest absolute Gasteiger partial charge is 0.387 e. The van der Waals surface area contributed by atoms with E-state index in [0.717, 1.165) is 12.8 Å². The van der Waals surface area contributed by atoms with Crippen LogP contribution in [0.5, 0.6) is 0 Å². The van der Waals surface area contributed by atoms with Crippen molar-refractivity contribution < 1.29 is 33.6 Å². The van der Waals surface area contributed by atoms with E-state index in [0.29, 0.717) is 30.7 Å². The fourth-order valence-electron chi connectivity index (χ4n) is 2.99. The Bertz CT molecular complexity index is 884. The molecule has 0 saturated carbocycles. The number of ether oxygens (including phenoxy) is 1. The zero-order valence-electron chi connectivity index (χ0n) is 16.1.